The lowest BCUT2D eigenvalue weighted by Crippen LogP contribution is -2.03. The second-order valence-corrected chi connectivity index (χ2v) is 4.38. The number of carboxylic acids is 1. The molecule has 0 aromatic heterocycles. The highest BCUT2D eigenvalue weighted by Gasteiger charge is 2.05. The van der Waals surface area contributed by atoms with Crippen molar-refractivity contribution in [2.45, 2.75) is 6.42 Å². The van der Waals surface area contributed by atoms with Crippen LogP contribution in [0.3, 0.4) is 0 Å². The summed E-state index contributed by atoms with van der Waals surface area (Å²) in [5.41, 5.74) is 0.610. The largest absolute Gasteiger partial charge is 0.492 e. The standard InChI is InChI=1S/C13H12Cl2O4/c14-5-6-19-11-4-2-9(12(15)8-11)1-3-10(16)7-13(17)18/h1-4,8H,5-7H2,(H,17,18). The fourth-order valence-electron chi connectivity index (χ4n) is 1.28. The van der Waals surface area contributed by atoms with E-state index in [4.69, 9.17) is 33.0 Å². The van der Waals surface area contributed by atoms with Crippen molar-refractivity contribution in [1.82, 2.24) is 0 Å². The lowest BCUT2D eigenvalue weighted by molar-refractivity contribution is -0.139. The Labute approximate surface area is 120 Å². The summed E-state index contributed by atoms with van der Waals surface area (Å²) < 4.78 is 5.28. The van der Waals surface area contributed by atoms with Gasteiger partial charge in [0, 0.05) is 0 Å². The number of carboxylic acid groups (broad SMARTS) is 1. The Kier molecular flexibility index (Phi) is 6.39. The number of allylic oxidation sites excluding steroid dienone is 1. The Balaban J connectivity index is 2.71. The van der Waals surface area contributed by atoms with Crippen molar-refractivity contribution in [3.8, 4) is 5.75 Å². The lowest BCUT2D eigenvalue weighted by atomic mass is 10.1. The Bertz CT molecular complexity index is 497. The molecule has 0 aliphatic rings. The molecule has 6 heteroatoms. The minimum absolute atomic E-state index is 0.378. The van der Waals surface area contributed by atoms with Gasteiger partial charge < -0.3 is 9.84 Å². The first-order valence-corrected chi connectivity index (χ1v) is 6.35. The Hall–Kier alpha value is -1.52. The summed E-state index contributed by atoms with van der Waals surface area (Å²) in [5, 5.41) is 8.86. The zero-order valence-electron chi connectivity index (χ0n) is 9.94. The minimum Gasteiger partial charge on any atom is -0.492 e. The topological polar surface area (TPSA) is 63.6 Å². The molecule has 0 spiro atoms. The third-order valence-corrected chi connectivity index (χ3v) is 2.57. The van der Waals surface area contributed by atoms with Gasteiger partial charge in [0.15, 0.2) is 5.78 Å². The van der Waals surface area contributed by atoms with Crippen LogP contribution in [0.2, 0.25) is 5.02 Å². The quantitative estimate of drug-likeness (QED) is 0.478. The average Bonchev–Trinajstić information content (AvgIpc) is 2.34. The highest BCUT2D eigenvalue weighted by atomic mass is 35.5. The number of carbonyl (C=O) groups excluding carboxylic acids is 1. The molecule has 0 fully saturated rings. The molecule has 0 amide bonds. The van der Waals surface area contributed by atoms with Crippen LogP contribution in [0.1, 0.15) is 12.0 Å². The third kappa shape index (κ3) is 5.77. The predicted molar refractivity (Wildman–Crippen MR) is 74.0 cm³/mol. The van der Waals surface area contributed by atoms with E-state index in [0.29, 0.717) is 28.8 Å². The number of hydrogen-bond acceptors (Lipinski definition) is 3. The zero-order valence-corrected chi connectivity index (χ0v) is 11.4. The molecule has 0 unspecified atom stereocenters. The van der Waals surface area contributed by atoms with E-state index in [-0.39, 0.29) is 0 Å². The summed E-state index contributed by atoms with van der Waals surface area (Å²) in [6, 6.07) is 4.98. The molecule has 0 atom stereocenters. The highest BCUT2D eigenvalue weighted by Crippen LogP contribution is 2.23. The van der Waals surface area contributed by atoms with Crippen molar-refractivity contribution in [2.24, 2.45) is 0 Å². The van der Waals surface area contributed by atoms with Crippen molar-refractivity contribution in [3.63, 3.8) is 0 Å². The summed E-state index contributed by atoms with van der Waals surface area (Å²) >= 11 is 11.5. The van der Waals surface area contributed by atoms with Gasteiger partial charge in [-0.05, 0) is 35.9 Å². The fraction of sp³-hybridized carbons (Fsp3) is 0.231. The third-order valence-electron chi connectivity index (χ3n) is 2.09. The van der Waals surface area contributed by atoms with Gasteiger partial charge in [0.25, 0.3) is 0 Å². The van der Waals surface area contributed by atoms with E-state index in [2.05, 4.69) is 0 Å². The first-order chi connectivity index (χ1) is 9.02. The molecule has 1 aromatic rings. The minimum atomic E-state index is -1.16. The second kappa shape index (κ2) is 7.81. The number of rotatable bonds is 7. The van der Waals surface area contributed by atoms with E-state index in [1.807, 2.05) is 0 Å². The first-order valence-electron chi connectivity index (χ1n) is 5.44. The van der Waals surface area contributed by atoms with Crippen LogP contribution in [0, 0.1) is 0 Å². The van der Waals surface area contributed by atoms with Gasteiger partial charge in [0.1, 0.15) is 18.8 Å². The number of halogens is 2. The Morgan fingerprint density at radius 3 is 2.68 bits per heavy atom. The molecule has 0 aliphatic carbocycles. The van der Waals surface area contributed by atoms with Crippen LogP contribution in [0.4, 0.5) is 0 Å². The van der Waals surface area contributed by atoms with Crippen molar-refractivity contribution in [2.75, 3.05) is 12.5 Å². The fourth-order valence-corrected chi connectivity index (χ4v) is 1.59. The van der Waals surface area contributed by atoms with Gasteiger partial charge in [-0.2, -0.15) is 0 Å². The van der Waals surface area contributed by atoms with Crippen molar-refractivity contribution in [1.29, 1.82) is 0 Å². The van der Waals surface area contributed by atoms with E-state index >= 15 is 0 Å². The van der Waals surface area contributed by atoms with Crippen LogP contribution in [-0.4, -0.2) is 29.3 Å². The molecule has 0 saturated heterocycles. The summed E-state index contributed by atoms with van der Waals surface area (Å²) in [4.78, 5) is 21.5. The predicted octanol–water partition coefficient (Wildman–Crippen LogP) is 3.01. The van der Waals surface area contributed by atoms with Crippen LogP contribution in [0.5, 0.6) is 5.75 Å². The van der Waals surface area contributed by atoms with E-state index < -0.39 is 18.2 Å². The molecule has 0 saturated carbocycles. The maximum Gasteiger partial charge on any atom is 0.311 e. The number of ketones is 1. The van der Waals surface area contributed by atoms with E-state index in [1.165, 1.54) is 12.2 Å². The molecule has 1 N–H and O–H groups in total. The van der Waals surface area contributed by atoms with Crippen LogP contribution < -0.4 is 4.74 Å². The number of benzene rings is 1. The monoisotopic (exact) mass is 302 g/mol. The summed E-state index contributed by atoms with van der Waals surface area (Å²) in [6.45, 7) is 0.379. The van der Waals surface area contributed by atoms with Gasteiger partial charge in [0.05, 0.1) is 10.9 Å². The maximum atomic E-state index is 11.2. The molecule has 102 valence electrons. The van der Waals surface area contributed by atoms with Gasteiger partial charge in [-0.1, -0.05) is 11.6 Å². The number of carbonyl (C=O) groups is 2. The second-order valence-electron chi connectivity index (χ2n) is 3.59. The van der Waals surface area contributed by atoms with Gasteiger partial charge in [-0.25, -0.2) is 0 Å². The molecule has 0 heterocycles. The maximum absolute atomic E-state index is 11.2. The molecule has 1 aromatic carbocycles. The van der Waals surface area contributed by atoms with Gasteiger partial charge in [0.2, 0.25) is 0 Å². The molecule has 1 rings (SSSR count). The average molecular weight is 303 g/mol. The first kappa shape index (κ1) is 15.5. The van der Waals surface area contributed by atoms with Crippen LogP contribution in [0.15, 0.2) is 24.3 Å². The number of alkyl halides is 1. The van der Waals surface area contributed by atoms with Crippen molar-refractivity contribution in [3.05, 3.63) is 34.9 Å². The van der Waals surface area contributed by atoms with Gasteiger partial charge >= 0.3 is 5.97 Å². The number of aliphatic carboxylic acids is 1. The number of ether oxygens (including phenoxy) is 1. The van der Waals surface area contributed by atoms with Crippen LogP contribution in [-0.2, 0) is 9.59 Å². The number of hydrogen-bond donors (Lipinski definition) is 1. The molecule has 0 radical (unpaired) electrons. The van der Waals surface area contributed by atoms with E-state index in [1.54, 1.807) is 18.2 Å². The molecule has 19 heavy (non-hydrogen) atoms. The summed E-state index contributed by atoms with van der Waals surface area (Å²) in [5.74, 6) is -0.695. The molecular weight excluding hydrogens is 291 g/mol. The molecular formula is C13H12Cl2O4. The van der Waals surface area contributed by atoms with Gasteiger partial charge in [-0.15, -0.1) is 11.6 Å². The summed E-state index contributed by atoms with van der Waals surface area (Å²) in [7, 11) is 0. The van der Waals surface area contributed by atoms with Crippen molar-refractivity contribution < 1.29 is 19.4 Å². The normalized spacial score (nSPS) is 10.6. The van der Waals surface area contributed by atoms with Crippen molar-refractivity contribution >= 4 is 41.0 Å². The smallest absolute Gasteiger partial charge is 0.311 e. The summed E-state index contributed by atoms with van der Waals surface area (Å²) in [6.07, 6.45) is 2.12. The lowest BCUT2D eigenvalue weighted by Gasteiger charge is -2.05. The SMILES string of the molecule is O=C(O)CC(=O)C=Cc1ccc(OCCCl)cc1Cl. The Morgan fingerprint density at radius 2 is 2.11 bits per heavy atom. The van der Waals surface area contributed by atoms with Crippen LogP contribution in [0.25, 0.3) is 6.08 Å². The molecule has 0 bridgehead atoms. The van der Waals surface area contributed by atoms with E-state index in [9.17, 15) is 9.59 Å². The van der Waals surface area contributed by atoms with Gasteiger partial charge in [-0.3, -0.25) is 9.59 Å². The Morgan fingerprint density at radius 1 is 1.37 bits per heavy atom. The molecule has 0 aliphatic heterocycles. The van der Waals surface area contributed by atoms with E-state index in [0.717, 1.165) is 0 Å². The molecule has 4 nitrogen and oxygen atoms in total. The zero-order chi connectivity index (χ0) is 14.3. The van der Waals surface area contributed by atoms with Crippen LogP contribution >= 0.6 is 23.2 Å². The highest BCUT2D eigenvalue weighted by molar-refractivity contribution is 6.32.